The summed E-state index contributed by atoms with van der Waals surface area (Å²) in [4.78, 5) is 30.3. The molecule has 0 aromatic heterocycles. The second kappa shape index (κ2) is 11.4. The van der Waals surface area contributed by atoms with E-state index in [0.29, 0.717) is 17.7 Å². The lowest BCUT2D eigenvalue weighted by Crippen LogP contribution is -2.50. The van der Waals surface area contributed by atoms with Crippen LogP contribution in [0.15, 0.2) is 66.7 Å². The smallest absolute Gasteiger partial charge is 0.272 e. The fourth-order valence-corrected chi connectivity index (χ4v) is 4.69. The SMILES string of the molecule is Cc1cc(C(=O)NCC(c2ccc(N(C)C)cc2)N2CCN(c3ccc(F)cc3)CC2)ccc1[N+](=O)[O-]. The summed E-state index contributed by atoms with van der Waals surface area (Å²) in [5.74, 6) is -0.513. The number of piperazine rings is 1. The molecule has 1 heterocycles. The van der Waals surface area contributed by atoms with Gasteiger partial charge in [-0.2, -0.15) is 0 Å². The Kier molecular flexibility index (Phi) is 8.03. The minimum absolute atomic E-state index is 0.00515. The molecule has 1 aliphatic rings. The number of anilines is 2. The third-order valence-electron chi connectivity index (χ3n) is 6.85. The molecule has 1 atom stereocenters. The minimum Gasteiger partial charge on any atom is -0.378 e. The number of nitrogens with zero attached hydrogens (tertiary/aromatic N) is 4. The molecule has 1 fully saturated rings. The molecule has 0 bridgehead atoms. The molecule has 3 aromatic rings. The molecular weight excluding hydrogens is 473 g/mol. The van der Waals surface area contributed by atoms with Crippen LogP contribution in [0.5, 0.6) is 0 Å². The maximum atomic E-state index is 13.3. The summed E-state index contributed by atoms with van der Waals surface area (Å²) in [6, 6.07) is 19.2. The van der Waals surface area contributed by atoms with Gasteiger partial charge in [0.05, 0.1) is 11.0 Å². The van der Waals surface area contributed by atoms with Crippen molar-refractivity contribution >= 4 is 23.0 Å². The van der Waals surface area contributed by atoms with E-state index >= 15 is 0 Å². The van der Waals surface area contributed by atoms with E-state index in [4.69, 9.17) is 0 Å². The van der Waals surface area contributed by atoms with Gasteiger partial charge in [-0.3, -0.25) is 19.8 Å². The number of nitro benzene ring substituents is 1. The number of benzene rings is 3. The molecule has 3 aromatic carbocycles. The summed E-state index contributed by atoms with van der Waals surface area (Å²) in [6.45, 7) is 5.16. The Bertz CT molecular complexity index is 1240. The minimum atomic E-state index is -0.448. The molecule has 194 valence electrons. The number of hydrogen-bond acceptors (Lipinski definition) is 6. The highest BCUT2D eigenvalue weighted by atomic mass is 19.1. The number of halogens is 1. The number of rotatable bonds is 8. The Hall–Kier alpha value is -3.98. The van der Waals surface area contributed by atoms with Crippen LogP contribution in [0.4, 0.5) is 21.5 Å². The van der Waals surface area contributed by atoms with Crippen molar-refractivity contribution in [2.75, 3.05) is 56.6 Å². The highest BCUT2D eigenvalue weighted by Crippen LogP contribution is 2.26. The zero-order chi connectivity index (χ0) is 26.5. The van der Waals surface area contributed by atoms with Gasteiger partial charge in [0.25, 0.3) is 11.6 Å². The summed E-state index contributed by atoms with van der Waals surface area (Å²) < 4.78 is 13.3. The van der Waals surface area contributed by atoms with Gasteiger partial charge in [-0.15, -0.1) is 0 Å². The van der Waals surface area contributed by atoms with Gasteiger partial charge in [0.2, 0.25) is 0 Å². The van der Waals surface area contributed by atoms with Gasteiger partial charge in [-0.1, -0.05) is 12.1 Å². The monoisotopic (exact) mass is 505 g/mol. The molecular formula is C28H32FN5O3. The number of carbonyl (C=O) groups excluding carboxylic acids is 1. The Labute approximate surface area is 216 Å². The van der Waals surface area contributed by atoms with Gasteiger partial charge in [-0.05, 0) is 61.0 Å². The predicted molar refractivity (Wildman–Crippen MR) is 144 cm³/mol. The van der Waals surface area contributed by atoms with Gasteiger partial charge >= 0.3 is 0 Å². The van der Waals surface area contributed by atoms with E-state index in [2.05, 4.69) is 39.4 Å². The number of amides is 1. The van der Waals surface area contributed by atoms with Crippen molar-refractivity contribution in [2.24, 2.45) is 0 Å². The number of nitro groups is 1. The van der Waals surface area contributed by atoms with Crippen molar-refractivity contribution < 1.29 is 14.1 Å². The van der Waals surface area contributed by atoms with Crippen molar-refractivity contribution in [1.82, 2.24) is 10.2 Å². The van der Waals surface area contributed by atoms with Crippen molar-refractivity contribution in [3.63, 3.8) is 0 Å². The van der Waals surface area contributed by atoms with E-state index < -0.39 is 4.92 Å². The summed E-state index contributed by atoms with van der Waals surface area (Å²) in [6.07, 6.45) is 0. The van der Waals surface area contributed by atoms with Gasteiger partial charge in [0, 0.05) is 75.4 Å². The van der Waals surface area contributed by atoms with Gasteiger partial charge < -0.3 is 15.1 Å². The van der Waals surface area contributed by atoms with Crippen LogP contribution in [0.1, 0.15) is 27.5 Å². The molecule has 0 aliphatic carbocycles. The first-order valence-corrected chi connectivity index (χ1v) is 12.3. The van der Waals surface area contributed by atoms with Gasteiger partial charge in [0.1, 0.15) is 5.82 Å². The zero-order valence-corrected chi connectivity index (χ0v) is 21.4. The van der Waals surface area contributed by atoms with E-state index in [0.717, 1.165) is 43.1 Å². The van der Waals surface area contributed by atoms with E-state index in [9.17, 15) is 19.3 Å². The van der Waals surface area contributed by atoms with Crippen molar-refractivity contribution in [3.8, 4) is 0 Å². The molecule has 1 aliphatic heterocycles. The van der Waals surface area contributed by atoms with Crippen LogP contribution in [0.2, 0.25) is 0 Å². The average Bonchev–Trinajstić information content (AvgIpc) is 2.89. The van der Waals surface area contributed by atoms with Crippen LogP contribution in [0.3, 0.4) is 0 Å². The normalized spacial score (nSPS) is 14.8. The third-order valence-corrected chi connectivity index (χ3v) is 6.85. The fourth-order valence-electron chi connectivity index (χ4n) is 4.69. The first-order chi connectivity index (χ1) is 17.7. The summed E-state index contributed by atoms with van der Waals surface area (Å²) >= 11 is 0. The highest BCUT2D eigenvalue weighted by molar-refractivity contribution is 5.94. The molecule has 1 saturated heterocycles. The quantitative estimate of drug-likeness (QED) is 0.361. The number of hydrogen-bond donors (Lipinski definition) is 1. The predicted octanol–water partition coefficient (Wildman–Crippen LogP) is 4.40. The average molecular weight is 506 g/mol. The number of aryl methyl sites for hydroxylation is 1. The van der Waals surface area contributed by atoms with Crippen LogP contribution in [0.25, 0.3) is 0 Å². The molecule has 8 nitrogen and oxygen atoms in total. The zero-order valence-electron chi connectivity index (χ0n) is 21.4. The van der Waals surface area contributed by atoms with E-state index in [1.807, 2.05) is 19.0 Å². The molecule has 37 heavy (non-hydrogen) atoms. The van der Waals surface area contributed by atoms with Gasteiger partial charge in [-0.25, -0.2) is 4.39 Å². The standard InChI is InChI=1S/C28H32FN5O3/c1-20-18-22(6-13-26(20)34(36)37)28(35)30-19-27(21-4-9-24(10-5-21)31(2)3)33-16-14-32(15-17-33)25-11-7-23(29)8-12-25/h4-13,18,27H,14-17,19H2,1-3H3,(H,30,35). The topological polar surface area (TPSA) is 82.0 Å². The van der Waals surface area contributed by atoms with Crippen LogP contribution < -0.4 is 15.1 Å². The molecule has 0 spiro atoms. The van der Waals surface area contributed by atoms with Crippen LogP contribution in [-0.2, 0) is 0 Å². The fraction of sp³-hybridized carbons (Fsp3) is 0.321. The lowest BCUT2D eigenvalue weighted by Gasteiger charge is -2.40. The lowest BCUT2D eigenvalue weighted by molar-refractivity contribution is -0.385. The van der Waals surface area contributed by atoms with Gasteiger partial charge in [0.15, 0.2) is 0 Å². The van der Waals surface area contributed by atoms with Crippen molar-refractivity contribution in [2.45, 2.75) is 13.0 Å². The van der Waals surface area contributed by atoms with Crippen LogP contribution >= 0.6 is 0 Å². The maximum absolute atomic E-state index is 13.3. The molecule has 4 rings (SSSR count). The molecule has 1 unspecified atom stereocenters. The molecule has 9 heteroatoms. The Morgan fingerprint density at radius 3 is 2.24 bits per heavy atom. The molecule has 0 saturated carbocycles. The highest BCUT2D eigenvalue weighted by Gasteiger charge is 2.26. The lowest BCUT2D eigenvalue weighted by atomic mass is 10.0. The maximum Gasteiger partial charge on any atom is 0.272 e. The Morgan fingerprint density at radius 1 is 1.03 bits per heavy atom. The number of carbonyl (C=O) groups is 1. The second-order valence-corrected chi connectivity index (χ2v) is 9.47. The summed E-state index contributed by atoms with van der Waals surface area (Å²) in [7, 11) is 3.99. The Morgan fingerprint density at radius 2 is 1.68 bits per heavy atom. The largest absolute Gasteiger partial charge is 0.378 e. The summed E-state index contributed by atoms with van der Waals surface area (Å²) in [5.41, 5.74) is 4.02. The first-order valence-electron chi connectivity index (χ1n) is 12.3. The van der Waals surface area contributed by atoms with Crippen molar-refractivity contribution in [1.29, 1.82) is 0 Å². The van der Waals surface area contributed by atoms with Crippen LogP contribution in [0, 0.1) is 22.9 Å². The third kappa shape index (κ3) is 6.24. The van der Waals surface area contributed by atoms with E-state index in [1.54, 1.807) is 25.1 Å². The second-order valence-electron chi connectivity index (χ2n) is 9.47. The molecule has 1 amide bonds. The van der Waals surface area contributed by atoms with Crippen molar-refractivity contribution in [3.05, 3.63) is 99.4 Å². The Balaban J connectivity index is 1.49. The van der Waals surface area contributed by atoms with E-state index in [1.165, 1.54) is 24.3 Å². The van der Waals surface area contributed by atoms with E-state index in [-0.39, 0.29) is 23.5 Å². The number of nitrogens with one attached hydrogen (secondary N) is 1. The summed E-state index contributed by atoms with van der Waals surface area (Å²) in [5, 5.41) is 14.2. The van der Waals surface area contributed by atoms with Crippen LogP contribution in [-0.4, -0.2) is 62.5 Å². The molecule has 1 N–H and O–H groups in total. The first kappa shape index (κ1) is 26.1. The molecule has 0 radical (unpaired) electrons.